The first-order valence-electron chi connectivity index (χ1n) is 4.92. The molecule has 2 rings (SSSR count). The minimum absolute atomic E-state index is 0.229. The summed E-state index contributed by atoms with van der Waals surface area (Å²) in [7, 11) is 0. The highest BCUT2D eigenvalue weighted by atomic mass is 32.1. The molecule has 1 atom stereocenters. The van der Waals surface area contributed by atoms with Crippen LogP contribution in [-0.4, -0.2) is 4.75 Å². The lowest BCUT2D eigenvalue weighted by Crippen LogP contribution is -2.24. The van der Waals surface area contributed by atoms with Crippen LogP contribution in [0.4, 0.5) is 0 Å². The highest BCUT2D eigenvalue weighted by Gasteiger charge is 2.36. The average Bonchev–Trinajstić information content (AvgIpc) is 2.45. The quantitative estimate of drug-likeness (QED) is 0.601. The molecule has 13 heavy (non-hydrogen) atoms. The van der Waals surface area contributed by atoms with Crippen molar-refractivity contribution in [1.29, 1.82) is 0 Å². The molecule has 0 aliphatic heterocycles. The molecule has 0 spiro atoms. The van der Waals surface area contributed by atoms with E-state index in [1.165, 1.54) is 12.8 Å². The number of rotatable bonds is 1. The van der Waals surface area contributed by atoms with E-state index in [0.29, 0.717) is 5.92 Å². The molecular formula is C12H17S+. The first-order valence-corrected chi connectivity index (χ1v) is 5.42. The predicted octanol–water partition coefficient (Wildman–Crippen LogP) is 2.51. The van der Waals surface area contributed by atoms with Gasteiger partial charge in [-0.1, -0.05) is 24.3 Å². The molecule has 1 aliphatic rings. The normalized spacial score (nSPS) is 21.6. The van der Waals surface area contributed by atoms with Crippen molar-refractivity contribution in [3.05, 3.63) is 35.4 Å². The third kappa shape index (κ3) is 1.62. The van der Waals surface area contributed by atoms with Crippen molar-refractivity contribution in [2.24, 2.45) is 0 Å². The molecule has 1 aromatic rings. The fourth-order valence-electron chi connectivity index (χ4n) is 2.31. The predicted molar refractivity (Wildman–Crippen MR) is 61.7 cm³/mol. The van der Waals surface area contributed by atoms with E-state index in [1.54, 1.807) is 11.1 Å². The van der Waals surface area contributed by atoms with E-state index in [-0.39, 0.29) is 4.75 Å². The van der Waals surface area contributed by atoms with E-state index in [0.717, 1.165) is 0 Å². The molecule has 0 amide bonds. The zero-order chi connectivity index (χ0) is 9.47. The largest absolute Gasteiger partial charge is 0.124 e. The maximum Gasteiger partial charge on any atom is 0.124 e. The zero-order valence-electron chi connectivity index (χ0n) is 8.30. The smallest absolute Gasteiger partial charge is 0.0620 e. The SMILES string of the molecule is CC(C)([SH2+])C1CCc2ccccc21. The number of aryl methyl sites for hydroxylation is 1. The number of hydrogen-bond acceptors (Lipinski definition) is 0. The highest BCUT2D eigenvalue weighted by molar-refractivity contribution is 7.60. The van der Waals surface area contributed by atoms with E-state index < -0.39 is 0 Å². The molecule has 0 fully saturated rings. The Labute approximate surface area is 85.8 Å². The third-order valence-electron chi connectivity index (χ3n) is 3.00. The molecule has 0 nitrogen and oxygen atoms in total. The van der Waals surface area contributed by atoms with Gasteiger partial charge in [-0.25, -0.2) is 0 Å². The highest BCUT2D eigenvalue weighted by Crippen LogP contribution is 2.40. The van der Waals surface area contributed by atoms with Gasteiger partial charge >= 0.3 is 0 Å². The summed E-state index contributed by atoms with van der Waals surface area (Å²) >= 11 is 3.83. The molecule has 70 valence electrons. The molecule has 1 aliphatic carbocycles. The minimum Gasteiger partial charge on any atom is -0.0620 e. The topological polar surface area (TPSA) is 0 Å². The van der Waals surface area contributed by atoms with Gasteiger partial charge in [-0.05, 0) is 50.4 Å². The van der Waals surface area contributed by atoms with Gasteiger partial charge in [0.2, 0.25) is 0 Å². The van der Waals surface area contributed by atoms with E-state index in [2.05, 4.69) is 50.7 Å². The molecule has 0 saturated heterocycles. The van der Waals surface area contributed by atoms with Gasteiger partial charge < -0.3 is 0 Å². The number of hydrogen-bond donors (Lipinski definition) is 0. The molecule has 0 N–H and O–H groups in total. The van der Waals surface area contributed by atoms with Crippen LogP contribution in [-0.2, 0) is 19.0 Å². The first kappa shape index (κ1) is 9.14. The Morgan fingerprint density at radius 1 is 1.31 bits per heavy atom. The van der Waals surface area contributed by atoms with Crippen molar-refractivity contribution >= 4 is 12.6 Å². The first-order chi connectivity index (χ1) is 6.09. The van der Waals surface area contributed by atoms with Gasteiger partial charge in [0.1, 0.15) is 4.75 Å². The second-order valence-electron chi connectivity index (χ2n) is 4.51. The van der Waals surface area contributed by atoms with Crippen LogP contribution in [0.3, 0.4) is 0 Å². The molecule has 0 saturated carbocycles. The molecule has 0 bridgehead atoms. The average molecular weight is 193 g/mol. The number of benzene rings is 1. The zero-order valence-corrected chi connectivity index (χ0v) is 9.30. The van der Waals surface area contributed by atoms with Crippen molar-refractivity contribution < 1.29 is 0 Å². The fraction of sp³-hybridized carbons (Fsp3) is 0.500. The second kappa shape index (κ2) is 3.06. The van der Waals surface area contributed by atoms with Crippen LogP contribution in [0.5, 0.6) is 0 Å². The van der Waals surface area contributed by atoms with Crippen LogP contribution in [0, 0.1) is 0 Å². The molecule has 0 aromatic heterocycles. The number of fused-ring (bicyclic) bond motifs is 1. The summed E-state index contributed by atoms with van der Waals surface area (Å²) < 4.78 is 0.229. The van der Waals surface area contributed by atoms with Gasteiger partial charge in [0, 0.05) is 5.92 Å². The molecular weight excluding hydrogens is 176 g/mol. The fourth-order valence-corrected chi connectivity index (χ4v) is 2.61. The van der Waals surface area contributed by atoms with Crippen LogP contribution < -0.4 is 0 Å². The van der Waals surface area contributed by atoms with Crippen molar-refractivity contribution in [3.63, 3.8) is 0 Å². The van der Waals surface area contributed by atoms with Gasteiger partial charge in [-0.15, -0.1) is 0 Å². The summed E-state index contributed by atoms with van der Waals surface area (Å²) in [6, 6.07) is 8.82. The van der Waals surface area contributed by atoms with Crippen LogP contribution >= 0.6 is 0 Å². The van der Waals surface area contributed by atoms with Crippen molar-refractivity contribution in [1.82, 2.24) is 0 Å². The van der Waals surface area contributed by atoms with Gasteiger partial charge in [0.25, 0.3) is 0 Å². The summed E-state index contributed by atoms with van der Waals surface area (Å²) in [6.45, 7) is 4.52. The van der Waals surface area contributed by atoms with Crippen molar-refractivity contribution in [3.8, 4) is 0 Å². The Morgan fingerprint density at radius 2 is 2.00 bits per heavy atom. The Bertz CT molecular complexity index is 309. The Morgan fingerprint density at radius 3 is 2.69 bits per heavy atom. The van der Waals surface area contributed by atoms with Crippen LogP contribution in [0.1, 0.15) is 37.3 Å². The summed E-state index contributed by atoms with van der Waals surface area (Å²) in [6.07, 6.45) is 2.53. The third-order valence-corrected chi connectivity index (χ3v) is 3.35. The Hall–Kier alpha value is -0.430. The van der Waals surface area contributed by atoms with E-state index in [9.17, 15) is 0 Å². The Kier molecular flexibility index (Phi) is 2.15. The van der Waals surface area contributed by atoms with Gasteiger partial charge in [0.15, 0.2) is 0 Å². The van der Waals surface area contributed by atoms with E-state index >= 15 is 0 Å². The van der Waals surface area contributed by atoms with Gasteiger partial charge in [0.05, 0.1) is 0 Å². The summed E-state index contributed by atoms with van der Waals surface area (Å²) in [4.78, 5) is 0. The summed E-state index contributed by atoms with van der Waals surface area (Å²) in [5.74, 6) is 0.681. The minimum atomic E-state index is 0.229. The van der Waals surface area contributed by atoms with E-state index in [4.69, 9.17) is 0 Å². The maximum atomic E-state index is 3.83. The van der Waals surface area contributed by atoms with Gasteiger partial charge in [-0.2, -0.15) is 0 Å². The lowest BCUT2D eigenvalue weighted by atomic mass is 9.89. The second-order valence-corrected chi connectivity index (χ2v) is 5.80. The van der Waals surface area contributed by atoms with Crippen molar-refractivity contribution in [2.75, 3.05) is 0 Å². The molecule has 0 heterocycles. The maximum absolute atomic E-state index is 3.83. The summed E-state index contributed by atoms with van der Waals surface area (Å²) in [5.41, 5.74) is 3.08. The monoisotopic (exact) mass is 193 g/mol. The van der Waals surface area contributed by atoms with Crippen LogP contribution in [0.25, 0.3) is 0 Å². The molecule has 1 heteroatoms. The van der Waals surface area contributed by atoms with E-state index in [1.807, 2.05) is 0 Å². The van der Waals surface area contributed by atoms with Crippen molar-refractivity contribution in [2.45, 2.75) is 37.4 Å². The lowest BCUT2D eigenvalue weighted by Gasteiger charge is -2.20. The summed E-state index contributed by atoms with van der Waals surface area (Å²) in [5, 5.41) is 0. The standard InChI is InChI=1S/C12H16S/c1-12(2,13)11-8-7-9-5-3-4-6-10(9)11/h3-6,11,13H,7-8H2,1-2H3/p+1. The van der Waals surface area contributed by atoms with Crippen LogP contribution in [0.15, 0.2) is 24.3 Å². The lowest BCUT2D eigenvalue weighted by molar-refractivity contribution is 0.543. The van der Waals surface area contributed by atoms with Crippen LogP contribution in [0.2, 0.25) is 0 Å². The van der Waals surface area contributed by atoms with Gasteiger partial charge in [-0.3, -0.25) is 0 Å². The molecule has 1 aromatic carbocycles. The molecule has 1 unspecified atom stereocenters. The Balaban J connectivity index is 2.39. The molecule has 0 radical (unpaired) electrons.